The van der Waals surface area contributed by atoms with E-state index < -0.39 is 10.1 Å². The second-order valence-electron chi connectivity index (χ2n) is 0.930. The van der Waals surface area contributed by atoms with Gasteiger partial charge in [-0.05, 0) is 0 Å². The van der Waals surface area contributed by atoms with Crippen molar-refractivity contribution in [3.8, 4) is 0 Å². The third-order valence-electron chi connectivity index (χ3n) is 0.481. The van der Waals surface area contributed by atoms with E-state index in [-0.39, 0.29) is 5.75 Å². The van der Waals surface area contributed by atoms with Gasteiger partial charge in [0.2, 0.25) is 0 Å². The fourth-order valence-electron chi connectivity index (χ4n) is 0.0589. The van der Waals surface area contributed by atoms with Crippen molar-refractivity contribution in [2.75, 3.05) is 5.75 Å². The van der Waals surface area contributed by atoms with Gasteiger partial charge in [-0.2, -0.15) is 0 Å². The van der Waals surface area contributed by atoms with Crippen LogP contribution in [0, 0.1) is 0 Å². The van der Waals surface area contributed by atoms with Gasteiger partial charge in [0, 0.05) is 0 Å². The molecule has 0 rings (SSSR count). The zero-order valence-corrected chi connectivity index (χ0v) is 7.51. The van der Waals surface area contributed by atoms with Crippen LogP contribution in [-0.4, -0.2) is 37.1 Å². The molecule has 0 aliphatic carbocycles. The summed E-state index contributed by atoms with van der Waals surface area (Å²) in [7, 11) is -3.12. The minimum atomic E-state index is -3.12. The predicted octanol–water partition coefficient (Wildman–Crippen LogP) is -0.564. The Kier molecular flexibility index (Phi) is 3.17. The third-order valence-corrected chi connectivity index (χ3v) is 3.62. The molecule has 0 aromatic carbocycles. The van der Waals surface area contributed by atoms with Crippen molar-refractivity contribution < 1.29 is 10.9 Å². The number of hydrogen-bond acceptors (Lipinski definition) is 3. The molecule has 3 nitrogen and oxygen atoms in total. The van der Waals surface area contributed by atoms with Crippen LogP contribution in [-0.2, 0) is 12.6 Å². The fourth-order valence-corrected chi connectivity index (χ4v) is 1.19. The summed E-state index contributed by atoms with van der Waals surface area (Å²) in [5, 5.41) is 0. The molecule has 0 heterocycles. The summed E-state index contributed by atoms with van der Waals surface area (Å²) in [6, 6.07) is 0. The van der Waals surface area contributed by atoms with Crippen LogP contribution in [0.15, 0.2) is 0 Å². The van der Waals surface area contributed by atoms with Crippen molar-refractivity contribution in [3.05, 3.63) is 0 Å². The van der Waals surface area contributed by atoms with Crippen LogP contribution in [0.2, 0.25) is 0 Å². The van der Waals surface area contributed by atoms with Crippen molar-refractivity contribution in [3.63, 3.8) is 0 Å². The first-order valence-electron chi connectivity index (χ1n) is 1.70. The fraction of sp³-hybridized carbons (Fsp3) is 1.00. The van der Waals surface area contributed by atoms with Crippen LogP contribution in [0.1, 0.15) is 6.92 Å². The minimum absolute atomic E-state index is 0.0676. The summed E-state index contributed by atoms with van der Waals surface area (Å²) < 4.78 is 24.5. The molecule has 5 heteroatoms. The third kappa shape index (κ3) is 3.30. The van der Waals surface area contributed by atoms with E-state index in [1.807, 2.05) is 0 Å². The molecule has 0 amide bonds. The van der Waals surface area contributed by atoms with Crippen LogP contribution in [0.5, 0.6) is 0 Å². The Morgan fingerprint density at radius 2 is 2.14 bits per heavy atom. The number of hydrogen-bond donors (Lipinski definition) is 0. The maximum absolute atomic E-state index is 10.2. The molecule has 0 aromatic rings. The van der Waals surface area contributed by atoms with Gasteiger partial charge in [-0.25, -0.2) is 0 Å². The van der Waals surface area contributed by atoms with Gasteiger partial charge >= 0.3 is 56.7 Å². The summed E-state index contributed by atoms with van der Waals surface area (Å²) in [4.78, 5) is 0. The van der Waals surface area contributed by atoms with Crippen molar-refractivity contribution in [1.29, 1.82) is 0 Å². The monoisotopic (exact) mass is 229 g/mol. The van der Waals surface area contributed by atoms with E-state index in [1.165, 1.54) is 0 Å². The standard InChI is InChI=1S/C2H6O3S.Sn/c1-2-6(3,4)5;/h2H2,1H3,(H,3,4,5);/q;+1/p-1. The van der Waals surface area contributed by atoms with Crippen LogP contribution >= 0.6 is 0 Å². The Morgan fingerprint density at radius 1 is 1.71 bits per heavy atom. The normalized spacial score (nSPS) is 11.7. The van der Waals surface area contributed by atoms with E-state index in [4.69, 9.17) is 0 Å². The first-order chi connectivity index (χ1) is 3.12. The zero-order valence-electron chi connectivity index (χ0n) is 3.84. The van der Waals surface area contributed by atoms with Crippen LogP contribution < -0.4 is 0 Å². The average molecular weight is 228 g/mol. The van der Waals surface area contributed by atoms with E-state index >= 15 is 0 Å². The van der Waals surface area contributed by atoms with Gasteiger partial charge in [0.05, 0.1) is 0 Å². The molecule has 0 saturated heterocycles. The van der Waals surface area contributed by atoms with E-state index in [2.05, 4.69) is 2.52 Å². The molecule has 0 unspecified atom stereocenters. The van der Waals surface area contributed by atoms with Crippen molar-refractivity contribution in [2.24, 2.45) is 0 Å². The van der Waals surface area contributed by atoms with Crippen LogP contribution in [0.25, 0.3) is 0 Å². The quantitative estimate of drug-likeness (QED) is 0.594. The molecule has 7 heavy (non-hydrogen) atoms. The van der Waals surface area contributed by atoms with E-state index in [1.54, 1.807) is 6.92 Å². The number of rotatable bonds is 2. The summed E-state index contributed by atoms with van der Waals surface area (Å²) in [6.07, 6.45) is 0. The Labute approximate surface area is 56.8 Å². The second kappa shape index (κ2) is 2.88. The van der Waals surface area contributed by atoms with Gasteiger partial charge in [-0.1, -0.05) is 0 Å². The summed E-state index contributed by atoms with van der Waals surface area (Å²) in [5.74, 6) is 0.0676. The van der Waals surface area contributed by atoms with Crippen molar-refractivity contribution >= 4 is 33.1 Å². The molecule has 0 bridgehead atoms. The molecular formula is C2H5O3SSn. The summed E-state index contributed by atoms with van der Waals surface area (Å²) in [5.41, 5.74) is 0. The van der Waals surface area contributed by atoms with E-state index in [0.717, 1.165) is 0 Å². The molecule has 0 aromatic heterocycles. The predicted molar refractivity (Wildman–Crippen MR) is 26.3 cm³/mol. The Hall–Kier alpha value is 0.709. The average Bonchev–Trinajstić information content (AvgIpc) is 1.68. The Bertz CT molecular complexity index is 116. The SMILES string of the molecule is CCS(=O)(=O)[O][Sn]. The van der Waals surface area contributed by atoms with Crippen LogP contribution in [0.4, 0.5) is 0 Å². The van der Waals surface area contributed by atoms with Gasteiger partial charge in [-0.15, -0.1) is 0 Å². The molecule has 3 radical (unpaired) electrons. The van der Waals surface area contributed by atoms with E-state index in [9.17, 15) is 8.42 Å². The van der Waals surface area contributed by atoms with Gasteiger partial charge in [-0.3, -0.25) is 0 Å². The first-order valence-corrected chi connectivity index (χ1v) is 4.44. The maximum atomic E-state index is 10.2. The molecular weight excluding hydrogens is 223 g/mol. The Morgan fingerprint density at radius 3 is 2.14 bits per heavy atom. The first kappa shape index (κ1) is 7.71. The van der Waals surface area contributed by atoms with Gasteiger partial charge in [0.15, 0.2) is 0 Å². The van der Waals surface area contributed by atoms with E-state index in [0.29, 0.717) is 22.9 Å². The molecule has 0 saturated carbocycles. The molecule has 0 spiro atoms. The molecule has 0 atom stereocenters. The zero-order chi connectivity index (χ0) is 5.91. The van der Waals surface area contributed by atoms with Gasteiger partial charge in [0.1, 0.15) is 0 Å². The van der Waals surface area contributed by atoms with Crippen molar-refractivity contribution in [1.82, 2.24) is 0 Å². The van der Waals surface area contributed by atoms with Gasteiger partial charge in [0.25, 0.3) is 0 Å². The molecule has 0 aliphatic heterocycles. The van der Waals surface area contributed by atoms with Crippen LogP contribution in [0.3, 0.4) is 0 Å². The van der Waals surface area contributed by atoms with Crippen molar-refractivity contribution in [2.45, 2.75) is 6.92 Å². The Balaban J connectivity index is 3.89. The van der Waals surface area contributed by atoms with Gasteiger partial charge < -0.3 is 0 Å². The molecule has 41 valence electrons. The molecule has 0 N–H and O–H groups in total. The summed E-state index contributed by atoms with van der Waals surface area (Å²) >= 11 is 0.580. The second-order valence-corrected chi connectivity index (χ2v) is 4.22. The molecule has 0 aliphatic rings. The topological polar surface area (TPSA) is 43.4 Å². The molecule has 0 fully saturated rings. The summed E-state index contributed by atoms with van der Waals surface area (Å²) in [6.45, 7) is 1.54.